The maximum atomic E-state index is 12.7. The van der Waals surface area contributed by atoms with Gasteiger partial charge in [0.05, 0.1) is 19.2 Å². The third-order valence-corrected chi connectivity index (χ3v) is 5.30. The number of benzene rings is 1. The van der Waals surface area contributed by atoms with Crippen LogP contribution < -0.4 is 10.4 Å². The number of ether oxygens (including phenoxy) is 1. The monoisotopic (exact) mass is 408 g/mol. The summed E-state index contributed by atoms with van der Waals surface area (Å²) in [4.78, 5) is 34.4. The maximum absolute atomic E-state index is 12.7. The highest BCUT2D eigenvalue weighted by Gasteiger charge is 2.28. The van der Waals surface area contributed by atoms with Crippen molar-refractivity contribution in [2.75, 3.05) is 20.2 Å². The highest BCUT2D eigenvalue weighted by atomic mass is 16.5. The van der Waals surface area contributed by atoms with Crippen LogP contribution in [0.25, 0.3) is 0 Å². The van der Waals surface area contributed by atoms with Gasteiger partial charge in [0.15, 0.2) is 5.89 Å². The normalized spacial score (nSPS) is 16.4. The Hall–Kier alpha value is -3.42. The Morgan fingerprint density at radius 1 is 1.30 bits per heavy atom. The van der Waals surface area contributed by atoms with Crippen LogP contribution in [-0.4, -0.2) is 45.5 Å². The van der Waals surface area contributed by atoms with Crippen molar-refractivity contribution in [3.8, 4) is 5.75 Å². The predicted octanol–water partition coefficient (Wildman–Crippen LogP) is 2.24. The van der Waals surface area contributed by atoms with Gasteiger partial charge in [-0.2, -0.15) is 0 Å². The van der Waals surface area contributed by atoms with Crippen molar-refractivity contribution in [1.29, 1.82) is 0 Å². The molecule has 0 spiro atoms. The number of likely N-dealkylation sites (tertiary alicyclic amines) is 1. The molecule has 1 atom stereocenters. The summed E-state index contributed by atoms with van der Waals surface area (Å²) in [6.45, 7) is 1.20. The predicted molar refractivity (Wildman–Crippen MR) is 109 cm³/mol. The van der Waals surface area contributed by atoms with Gasteiger partial charge in [-0.1, -0.05) is 12.1 Å². The van der Waals surface area contributed by atoms with Gasteiger partial charge in [-0.15, -0.1) is 0 Å². The van der Waals surface area contributed by atoms with E-state index in [1.54, 1.807) is 30.5 Å². The second kappa shape index (κ2) is 8.94. The third-order valence-electron chi connectivity index (χ3n) is 5.30. The molecule has 0 saturated carbocycles. The zero-order valence-electron chi connectivity index (χ0n) is 16.9. The van der Waals surface area contributed by atoms with Crippen LogP contribution in [0.4, 0.5) is 0 Å². The van der Waals surface area contributed by atoms with Crippen molar-refractivity contribution >= 4 is 5.91 Å². The number of methoxy groups -OCH3 is 1. The van der Waals surface area contributed by atoms with Crippen LogP contribution in [0.1, 0.15) is 36.0 Å². The van der Waals surface area contributed by atoms with Crippen molar-refractivity contribution in [1.82, 2.24) is 19.4 Å². The second-order valence-electron chi connectivity index (χ2n) is 7.40. The molecule has 0 N–H and O–H groups in total. The van der Waals surface area contributed by atoms with E-state index in [0.29, 0.717) is 25.4 Å². The molecule has 1 aliphatic rings. The number of aromatic nitrogens is 3. The van der Waals surface area contributed by atoms with Crippen LogP contribution in [-0.2, 0) is 17.8 Å². The largest absolute Gasteiger partial charge is 0.497 e. The quantitative estimate of drug-likeness (QED) is 0.621. The van der Waals surface area contributed by atoms with Crippen LogP contribution >= 0.6 is 0 Å². The minimum atomic E-state index is -0.422. The number of piperidine rings is 1. The molecule has 1 aliphatic heterocycles. The van der Waals surface area contributed by atoms with E-state index in [2.05, 4.69) is 9.97 Å². The molecule has 1 amide bonds. The minimum absolute atomic E-state index is 0.00787. The molecule has 4 rings (SSSR count). The van der Waals surface area contributed by atoms with Gasteiger partial charge in [-0.05, 0) is 36.6 Å². The molecule has 1 fully saturated rings. The summed E-state index contributed by atoms with van der Waals surface area (Å²) in [5.74, 6) is 2.19. The first-order valence-corrected chi connectivity index (χ1v) is 9.99. The van der Waals surface area contributed by atoms with E-state index in [4.69, 9.17) is 9.15 Å². The number of hydrogen-bond acceptors (Lipinski definition) is 6. The van der Waals surface area contributed by atoms with Gasteiger partial charge >= 0.3 is 5.69 Å². The number of amides is 1. The molecule has 8 heteroatoms. The van der Waals surface area contributed by atoms with E-state index in [-0.39, 0.29) is 18.4 Å². The molecule has 2 aromatic heterocycles. The topological polar surface area (TPSA) is 90.5 Å². The van der Waals surface area contributed by atoms with Crippen LogP contribution in [0, 0.1) is 0 Å². The Balaban J connectivity index is 1.40. The lowest BCUT2D eigenvalue weighted by molar-refractivity contribution is -0.133. The molecule has 8 nitrogen and oxygen atoms in total. The fourth-order valence-electron chi connectivity index (χ4n) is 3.74. The van der Waals surface area contributed by atoms with E-state index >= 15 is 0 Å². The molecule has 1 saturated heterocycles. The summed E-state index contributed by atoms with van der Waals surface area (Å²) in [7, 11) is 1.65. The molecular formula is C22H24N4O4. The zero-order valence-corrected chi connectivity index (χ0v) is 16.9. The number of rotatable bonds is 6. The SMILES string of the molecule is COc1cccc(Cc2cnc([C@H]3CCCN(C(=O)Cn4cccnc4=O)C3)o2)c1. The lowest BCUT2D eigenvalue weighted by Crippen LogP contribution is -2.42. The molecule has 30 heavy (non-hydrogen) atoms. The van der Waals surface area contributed by atoms with Crippen molar-refractivity contribution in [3.05, 3.63) is 76.6 Å². The van der Waals surface area contributed by atoms with Gasteiger partial charge in [0.2, 0.25) is 5.91 Å². The molecule has 3 heterocycles. The van der Waals surface area contributed by atoms with E-state index < -0.39 is 5.69 Å². The van der Waals surface area contributed by atoms with E-state index in [1.807, 2.05) is 24.3 Å². The van der Waals surface area contributed by atoms with Gasteiger partial charge in [0, 0.05) is 31.9 Å². The van der Waals surface area contributed by atoms with Crippen LogP contribution in [0.2, 0.25) is 0 Å². The van der Waals surface area contributed by atoms with Crippen molar-refractivity contribution in [2.45, 2.75) is 31.7 Å². The summed E-state index contributed by atoms with van der Waals surface area (Å²) in [5, 5.41) is 0. The lowest BCUT2D eigenvalue weighted by atomic mass is 9.98. The molecule has 0 aliphatic carbocycles. The molecular weight excluding hydrogens is 384 g/mol. The number of oxazole rings is 1. The Morgan fingerprint density at radius 2 is 2.20 bits per heavy atom. The maximum Gasteiger partial charge on any atom is 0.347 e. The van der Waals surface area contributed by atoms with E-state index in [9.17, 15) is 9.59 Å². The van der Waals surface area contributed by atoms with Gasteiger partial charge in [-0.3, -0.25) is 9.36 Å². The first-order chi connectivity index (χ1) is 14.6. The smallest absolute Gasteiger partial charge is 0.347 e. The zero-order chi connectivity index (χ0) is 20.9. The van der Waals surface area contributed by atoms with Crippen molar-refractivity contribution < 1.29 is 13.9 Å². The van der Waals surface area contributed by atoms with Crippen molar-refractivity contribution in [2.24, 2.45) is 0 Å². The molecule has 1 aromatic carbocycles. The van der Waals surface area contributed by atoms with Gasteiger partial charge in [-0.25, -0.2) is 14.8 Å². The number of hydrogen-bond donors (Lipinski definition) is 0. The van der Waals surface area contributed by atoms with E-state index in [0.717, 1.165) is 29.9 Å². The highest BCUT2D eigenvalue weighted by molar-refractivity contribution is 5.76. The Bertz CT molecular complexity index is 1070. The average Bonchev–Trinajstić information content (AvgIpc) is 3.24. The molecule has 0 bridgehead atoms. The van der Waals surface area contributed by atoms with Crippen LogP contribution in [0.15, 0.2) is 58.1 Å². The molecule has 0 unspecified atom stereocenters. The standard InChI is InChI=1S/C22H24N4O4/c1-29-18-7-2-5-16(11-18)12-19-13-24-21(30-19)17-6-3-9-25(14-17)20(27)15-26-10-4-8-23-22(26)28/h2,4-5,7-8,10-11,13,17H,3,6,9,12,14-15H2,1H3/t17-/m0/s1. The summed E-state index contributed by atoms with van der Waals surface area (Å²) in [5.41, 5.74) is 0.661. The first-order valence-electron chi connectivity index (χ1n) is 9.99. The number of carbonyl (C=O) groups excluding carboxylic acids is 1. The lowest BCUT2D eigenvalue weighted by Gasteiger charge is -2.31. The fraction of sp³-hybridized carbons (Fsp3) is 0.364. The number of nitrogens with zero attached hydrogens (tertiary/aromatic N) is 4. The summed E-state index contributed by atoms with van der Waals surface area (Å²) < 4.78 is 12.6. The third kappa shape index (κ3) is 4.59. The van der Waals surface area contributed by atoms with E-state index in [1.165, 1.54) is 10.8 Å². The molecule has 156 valence electrons. The molecule has 0 radical (unpaired) electrons. The van der Waals surface area contributed by atoms with Crippen LogP contribution in [0.3, 0.4) is 0 Å². The van der Waals surface area contributed by atoms with Gasteiger partial charge in [0.1, 0.15) is 18.1 Å². The number of carbonyl (C=O) groups is 1. The summed E-state index contributed by atoms with van der Waals surface area (Å²) >= 11 is 0. The second-order valence-corrected chi connectivity index (χ2v) is 7.40. The molecule has 3 aromatic rings. The Kier molecular flexibility index (Phi) is 5.92. The average molecular weight is 408 g/mol. The van der Waals surface area contributed by atoms with Gasteiger partial charge < -0.3 is 14.1 Å². The minimum Gasteiger partial charge on any atom is -0.497 e. The first kappa shape index (κ1) is 19.9. The Labute approximate surface area is 174 Å². The Morgan fingerprint density at radius 3 is 3.03 bits per heavy atom. The van der Waals surface area contributed by atoms with Gasteiger partial charge in [0.25, 0.3) is 0 Å². The summed E-state index contributed by atoms with van der Waals surface area (Å²) in [6, 6.07) is 9.49. The summed E-state index contributed by atoms with van der Waals surface area (Å²) in [6.07, 6.45) is 7.16. The highest BCUT2D eigenvalue weighted by Crippen LogP contribution is 2.27. The van der Waals surface area contributed by atoms with Crippen molar-refractivity contribution in [3.63, 3.8) is 0 Å². The fourth-order valence-corrected chi connectivity index (χ4v) is 3.74. The van der Waals surface area contributed by atoms with Crippen LogP contribution in [0.5, 0.6) is 5.75 Å².